The third-order valence-electron chi connectivity index (χ3n) is 1.87. The maximum atomic E-state index is 10.9. The number of hydrogen-bond acceptors (Lipinski definition) is 3. The maximum Gasteiger partial charge on any atom is 0.337 e. The van der Waals surface area contributed by atoms with Crippen molar-refractivity contribution >= 4 is 5.69 Å². The highest BCUT2D eigenvalue weighted by Gasteiger charge is 1.98. The lowest BCUT2D eigenvalue weighted by molar-refractivity contribution is 0.451. The van der Waals surface area contributed by atoms with Crippen molar-refractivity contribution in [3.8, 4) is 0 Å². The molecule has 1 aromatic heterocycles. The fourth-order valence-electron chi connectivity index (χ4n) is 1.22. The molecule has 0 bridgehead atoms. The van der Waals surface area contributed by atoms with E-state index in [9.17, 15) is 4.79 Å². The summed E-state index contributed by atoms with van der Waals surface area (Å²) < 4.78 is 4.97. The zero-order valence-corrected chi connectivity index (χ0v) is 7.88. The molecule has 0 aliphatic carbocycles. The van der Waals surface area contributed by atoms with Crippen LogP contribution in [0.15, 0.2) is 21.3 Å². The second-order valence-electron chi connectivity index (χ2n) is 3.13. The van der Waals surface area contributed by atoms with Gasteiger partial charge < -0.3 is 10.2 Å². The Morgan fingerprint density at radius 1 is 1.38 bits per heavy atom. The van der Waals surface area contributed by atoms with Crippen LogP contribution >= 0.6 is 0 Å². The van der Waals surface area contributed by atoms with E-state index >= 15 is 0 Å². The first-order chi connectivity index (χ1) is 6.22. The minimum Gasteiger partial charge on any atom is -0.428 e. The lowest BCUT2D eigenvalue weighted by atomic mass is 10.1. The fourth-order valence-corrected chi connectivity index (χ4v) is 1.22. The summed E-state index contributed by atoms with van der Waals surface area (Å²) >= 11 is 0. The minimum atomic E-state index is -0.355. The molecule has 0 unspecified atom stereocenters. The van der Waals surface area contributed by atoms with Gasteiger partial charge in [0, 0.05) is 18.2 Å². The first kappa shape index (κ1) is 9.84. The van der Waals surface area contributed by atoms with Gasteiger partial charge in [0.1, 0.15) is 5.76 Å². The van der Waals surface area contributed by atoms with Crippen molar-refractivity contribution in [1.82, 2.24) is 0 Å². The summed E-state index contributed by atoms with van der Waals surface area (Å²) in [5.41, 5.74) is 5.64. The van der Waals surface area contributed by atoms with Crippen LogP contribution in [0.2, 0.25) is 0 Å². The van der Waals surface area contributed by atoms with E-state index < -0.39 is 0 Å². The van der Waals surface area contributed by atoms with Gasteiger partial charge in [-0.1, -0.05) is 19.8 Å². The van der Waals surface area contributed by atoms with Crippen LogP contribution in [0.4, 0.5) is 5.69 Å². The largest absolute Gasteiger partial charge is 0.428 e. The monoisotopic (exact) mass is 181 g/mol. The smallest absolute Gasteiger partial charge is 0.337 e. The Hall–Kier alpha value is -1.25. The topological polar surface area (TPSA) is 56.2 Å². The van der Waals surface area contributed by atoms with Crippen molar-refractivity contribution in [3.05, 3.63) is 28.3 Å². The molecule has 0 radical (unpaired) electrons. The number of rotatable bonds is 4. The van der Waals surface area contributed by atoms with E-state index in [2.05, 4.69) is 6.92 Å². The third kappa shape index (κ3) is 3.32. The Labute approximate surface area is 77.6 Å². The Morgan fingerprint density at radius 2 is 2.15 bits per heavy atom. The Morgan fingerprint density at radius 3 is 2.77 bits per heavy atom. The second-order valence-corrected chi connectivity index (χ2v) is 3.13. The van der Waals surface area contributed by atoms with Gasteiger partial charge in [0.2, 0.25) is 0 Å². The van der Waals surface area contributed by atoms with Gasteiger partial charge in [-0.3, -0.25) is 0 Å². The highest BCUT2D eigenvalue weighted by molar-refractivity contribution is 5.35. The molecule has 0 amide bonds. The molecule has 0 fully saturated rings. The number of nitrogens with two attached hydrogens (primary N) is 1. The molecule has 0 atom stereocenters. The first-order valence-corrected chi connectivity index (χ1v) is 4.62. The average Bonchev–Trinajstić information content (AvgIpc) is 2.03. The SMILES string of the molecule is CCCCCc1cc(N)cc(=O)o1. The summed E-state index contributed by atoms with van der Waals surface area (Å²) in [6.45, 7) is 2.13. The van der Waals surface area contributed by atoms with E-state index in [0.29, 0.717) is 11.4 Å². The van der Waals surface area contributed by atoms with Crippen molar-refractivity contribution in [2.24, 2.45) is 0 Å². The lowest BCUT2D eigenvalue weighted by Gasteiger charge is -1.99. The molecule has 0 aliphatic heterocycles. The first-order valence-electron chi connectivity index (χ1n) is 4.62. The van der Waals surface area contributed by atoms with Crippen molar-refractivity contribution in [3.63, 3.8) is 0 Å². The van der Waals surface area contributed by atoms with Crippen molar-refractivity contribution in [2.75, 3.05) is 5.73 Å². The molecule has 3 heteroatoms. The number of hydrogen-bond donors (Lipinski definition) is 1. The van der Waals surface area contributed by atoms with Gasteiger partial charge in [0.25, 0.3) is 0 Å². The lowest BCUT2D eigenvalue weighted by Crippen LogP contribution is -2.02. The van der Waals surface area contributed by atoms with Crippen LogP contribution in [0.3, 0.4) is 0 Å². The van der Waals surface area contributed by atoms with Crippen molar-refractivity contribution in [1.29, 1.82) is 0 Å². The summed E-state index contributed by atoms with van der Waals surface area (Å²) in [6.07, 6.45) is 4.15. The molecule has 0 saturated carbocycles. The van der Waals surface area contributed by atoms with Gasteiger partial charge in [0.15, 0.2) is 0 Å². The number of anilines is 1. The average molecular weight is 181 g/mol. The predicted molar refractivity (Wildman–Crippen MR) is 52.6 cm³/mol. The molecule has 0 aromatic carbocycles. The Kier molecular flexibility index (Phi) is 3.55. The molecule has 2 N–H and O–H groups in total. The normalized spacial score (nSPS) is 10.2. The molecule has 1 rings (SSSR count). The molecular weight excluding hydrogens is 166 g/mol. The van der Waals surface area contributed by atoms with Crippen LogP contribution in [0.1, 0.15) is 31.9 Å². The van der Waals surface area contributed by atoms with E-state index in [1.165, 1.54) is 6.07 Å². The summed E-state index contributed by atoms with van der Waals surface area (Å²) in [6, 6.07) is 3.01. The summed E-state index contributed by atoms with van der Waals surface area (Å²) in [5.74, 6) is 0.693. The van der Waals surface area contributed by atoms with E-state index in [4.69, 9.17) is 10.2 Å². The molecule has 1 heterocycles. The van der Waals surface area contributed by atoms with Crippen LogP contribution in [-0.4, -0.2) is 0 Å². The molecule has 72 valence electrons. The van der Waals surface area contributed by atoms with Crippen molar-refractivity contribution in [2.45, 2.75) is 32.6 Å². The number of aryl methyl sites for hydroxylation is 1. The van der Waals surface area contributed by atoms with E-state index in [0.717, 1.165) is 25.7 Å². The summed E-state index contributed by atoms with van der Waals surface area (Å²) in [4.78, 5) is 10.9. The second kappa shape index (κ2) is 4.70. The Balaban J connectivity index is 2.61. The van der Waals surface area contributed by atoms with Gasteiger partial charge in [-0.2, -0.15) is 0 Å². The minimum absolute atomic E-state index is 0.355. The molecule has 0 aliphatic rings. The fraction of sp³-hybridized carbons (Fsp3) is 0.500. The van der Waals surface area contributed by atoms with E-state index in [1.54, 1.807) is 6.07 Å². The molecule has 13 heavy (non-hydrogen) atoms. The van der Waals surface area contributed by atoms with E-state index in [-0.39, 0.29) is 5.63 Å². The summed E-state index contributed by atoms with van der Waals surface area (Å²) in [5, 5.41) is 0. The molecule has 1 aromatic rings. The molecule has 0 spiro atoms. The Bertz CT molecular complexity index is 317. The molecular formula is C10H15NO2. The highest BCUT2D eigenvalue weighted by atomic mass is 16.4. The van der Waals surface area contributed by atoms with Gasteiger partial charge in [-0.15, -0.1) is 0 Å². The van der Waals surface area contributed by atoms with Crippen LogP contribution in [0, 0.1) is 0 Å². The van der Waals surface area contributed by atoms with Crippen LogP contribution < -0.4 is 11.4 Å². The summed E-state index contributed by atoms with van der Waals surface area (Å²) in [7, 11) is 0. The van der Waals surface area contributed by atoms with Gasteiger partial charge in [-0.25, -0.2) is 4.79 Å². The van der Waals surface area contributed by atoms with E-state index in [1.807, 2.05) is 0 Å². The third-order valence-corrected chi connectivity index (χ3v) is 1.87. The standard InChI is InChI=1S/C10H15NO2/c1-2-3-4-5-9-6-8(11)7-10(12)13-9/h6-7H,2-5,11H2,1H3. The maximum absolute atomic E-state index is 10.9. The highest BCUT2D eigenvalue weighted by Crippen LogP contribution is 2.07. The van der Waals surface area contributed by atoms with Crippen LogP contribution in [-0.2, 0) is 6.42 Å². The number of nitrogen functional groups attached to an aromatic ring is 1. The predicted octanol–water partition coefficient (Wildman–Crippen LogP) is 1.95. The number of unbranched alkanes of at least 4 members (excludes halogenated alkanes) is 2. The molecule has 0 saturated heterocycles. The van der Waals surface area contributed by atoms with Gasteiger partial charge >= 0.3 is 5.63 Å². The van der Waals surface area contributed by atoms with Gasteiger partial charge in [0.05, 0.1) is 0 Å². The molecule has 3 nitrogen and oxygen atoms in total. The van der Waals surface area contributed by atoms with Crippen LogP contribution in [0.5, 0.6) is 0 Å². The zero-order valence-electron chi connectivity index (χ0n) is 7.88. The van der Waals surface area contributed by atoms with Crippen LogP contribution in [0.25, 0.3) is 0 Å². The van der Waals surface area contributed by atoms with Gasteiger partial charge in [-0.05, 0) is 12.5 Å². The zero-order chi connectivity index (χ0) is 9.68. The quantitative estimate of drug-likeness (QED) is 0.722. The van der Waals surface area contributed by atoms with Crippen molar-refractivity contribution < 1.29 is 4.42 Å².